The number of benzene rings is 3. The molecule has 2 aliphatic rings. The Morgan fingerprint density at radius 1 is 0.833 bits per heavy atom. The van der Waals surface area contributed by atoms with E-state index in [0.717, 1.165) is 10.6 Å². The molecule has 2 fully saturated rings. The molecule has 0 radical (unpaired) electrons. The smallest absolute Gasteiger partial charge is 0.266 e. The Labute approximate surface area is 177 Å². The Balaban J connectivity index is 1.59. The maximum atomic E-state index is 13.4. The van der Waals surface area contributed by atoms with Crippen molar-refractivity contribution in [3.8, 4) is 5.75 Å². The van der Waals surface area contributed by atoms with Gasteiger partial charge in [-0.25, -0.2) is 9.96 Å². The van der Waals surface area contributed by atoms with Crippen LogP contribution in [0.1, 0.15) is 11.6 Å². The lowest BCUT2D eigenvalue weighted by Crippen LogP contribution is -2.37. The fourth-order valence-corrected chi connectivity index (χ4v) is 4.23. The molecule has 7 heteroatoms. The molecule has 150 valence electrons. The number of hydrogen-bond acceptors (Lipinski definition) is 5. The van der Waals surface area contributed by atoms with Crippen molar-refractivity contribution < 1.29 is 19.5 Å². The number of nitrogens with zero attached hydrogens (tertiary/aromatic N) is 2. The number of hydrogen-bond donors (Lipinski definition) is 1. The number of phenols is 1. The number of fused-ring (bicyclic) bond motifs is 1. The van der Waals surface area contributed by atoms with Gasteiger partial charge in [0.2, 0.25) is 5.91 Å². The highest BCUT2D eigenvalue weighted by atomic mass is 35.5. The predicted molar refractivity (Wildman–Crippen MR) is 112 cm³/mol. The molecule has 0 unspecified atom stereocenters. The first-order valence-corrected chi connectivity index (χ1v) is 9.86. The second-order valence-electron chi connectivity index (χ2n) is 7.24. The van der Waals surface area contributed by atoms with Gasteiger partial charge >= 0.3 is 0 Å². The lowest BCUT2D eigenvalue weighted by atomic mass is 9.90. The van der Waals surface area contributed by atoms with Crippen molar-refractivity contribution in [1.29, 1.82) is 0 Å². The van der Waals surface area contributed by atoms with Gasteiger partial charge in [-0.05, 0) is 54.1 Å². The highest BCUT2D eigenvalue weighted by Gasteiger charge is 2.60. The normalized spacial score (nSPS) is 23.2. The average Bonchev–Trinajstić information content (AvgIpc) is 3.26. The number of rotatable bonds is 3. The van der Waals surface area contributed by atoms with Crippen molar-refractivity contribution in [1.82, 2.24) is 0 Å². The zero-order chi connectivity index (χ0) is 20.8. The first kappa shape index (κ1) is 18.7. The van der Waals surface area contributed by atoms with Crippen molar-refractivity contribution in [2.45, 2.75) is 12.1 Å². The molecule has 3 aromatic rings. The van der Waals surface area contributed by atoms with Crippen LogP contribution in [-0.2, 0) is 14.4 Å². The monoisotopic (exact) mass is 420 g/mol. The summed E-state index contributed by atoms with van der Waals surface area (Å²) in [6.07, 6.45) is -0.958. The zero-order valence-corrected chi connectivity index (χ0v) is 16.4. The predicted octanol–water partition coefficient (Wildman–Crippen LogP) is 4.10. The summed E-state index contributed by atoms with van der Waals surface area (Å²) in [6, 6.07) is 21.9. The van der Waals surface area contributed by atoms with Gasteiger partial charge in [0, 0.05) is 5.02 Å². The van der Waals surface area contributed by atoms with Gasteiger partial charge in [-0.15, -0.1) is 0 Å². The molecule has 0 spiro atoms. The third-order valence-corrected chi connectivity index (χ3v) is 5.67. The van der Waals surface area contributed by atoms with E-state index in [0.29, 0.717) is 16.3 Å². The molecule has 2 amide bonds. The molecular weight excluding hydrogens is 404 g/mol. The van der Waals surface area contributed by atoms with Gasteiger partial charge in [0.05, 0.1) is 17.4 Å². The van der Waals surface area contributed by atoms with E-state index in [-0.39, 0.29) is 11.7 Å². The fourth-order valence-electron chi connectivity index (χ4n) is 4.11. The van der Waals surface area contributed by atoms with Crippen LogP contribution in [0.5, 0.6) is 5.75 Å². The summed E-state index contributed by atoms with van der Waals surface area (Å²) in [7, 11) is 0. The molecule has 3 aromatic carbocycles. The minimum Gasteiger partial charge on any atom is -0.508 e. The molecule has 2 aliphatic heterocycles. The van der Waals surface area contributed by atoms with Gasteiger partial charge in [-0.1, -0.05) is 41.9 Å². The van der Waals surface area contributed by atoms with E-state index in [9.17, 15) is 14.7 Å². The second kappa shape index (κ2) is 7.16. The molecule has 3 atom stereocenters. The summed E-state index contributed by atoms with van der Waals surface area (Å²) in [5.41, 5.74) is 1.86. The van der Waals surface area contributed by atoms with Crippen LogP contribution in [0.15, 0.2) is 78.9 Å². The molecule has 0 aliphatic carbocycles. The Hall–Kier alpha value is -3.35. The molecule has 1 N–H and O–H groups in total. The van der Waals surface area contributed by atoms with E-state index in [2.05, 4.69) is 0 Å². The number of anilines is 2. The SMILES string of the molecule is O=C1[C@H]2[C@H](ON(c3ccccc3)[C@H]2c2cccc(O)c2)C(=O)N1c1ccc(Cl)cc1. The zero-order valence-electron chi connectivity index (χ0n) is 15.7. The maximum absolute atomic E-state index is 13.4. The molecule has 2 heterocycles. The van der Waals surface area contributed by atoms with E-state index in [1.165, 1.54) is 0 Å². The fraction of sp³-hybridized carbons (Fsp3) is 0.130. The van der Waals surface area contributed by atoms with E-state index in [1.807, 2.05) is 36.4 Å². The Morgan fingerprint density at radius 3 is 2.27 bits per heavy atom. The summed E-state index contributed by atoms with van der Waals surface area (Å²) in [5.74, 6) is -1.44. The molecule has 6 nitrogen and oxygen atoms in total. The van der Waals surface area contributed by atoms with Crippen molar-refractivity contribution in [3.63, 3.8) is 0 Å². The largest absolute Gasteiger partial charge is 0.508 e. The number of aromatic hydroxyl groups is 1. The summed E-state index contributed by atoms with van der Waals surface area (Å²) < 4.78 is 0. The van der Waals surface area contributed by atoms with Crippen molar-refractivity contribution in [3.05, 3.63) is 89.4 Å². The number of amides is 2. The van der Waals surface area contributed by atoms with Crippen molar-refractivity contribution in [2.75, 3.05) is 9.96 Å². The first-order chi connectivity index (χ1) is 14.5. The number of phenolic OH excluding ortho intramolecular Hbond substituents is 1. The summed E-state index contributed by atoms with van der Waals surface area (Å²) in [5, 5.41) is 12.1. The minimum atomic E-state index is -0.958. The van der Waals surface area contributed by atoms with Crippen LogP contribution >= 0.6 is 11.6 Å². The first-order valence-electron chi connectivity index (χ1n) is 9.48. The van der Waals surface area contributed by atoms with E-state index in [4.69, 9.17) is 16.4 Å². The molecule has 0 bridgehead atoms. The highest BCUT2D eigenvalue weighted by molar-refractivity contribution is 6.31. The molecule has 30 heavy (non-hydrogen) atoms. The van der Waals surface area contributed by atoms with Gasteiger partial charge in [0.25, 0.3) is 5.91 Å². The quantitative estimate of drug-likeness (QED) is 0.646. The lowest BCUT2D eigenvalue weighted by Gasteiger charge is -2.28. The van der Waals surface area contributed by atoms with Crippen LogP contribution < -0.4 is 9.96 Å². The summed E-state index contributed by atoms with van der Waals surface area (Å²) >= 11 is 5.95. The lowest BCUT2D eigenvalue weighted by molar-refractivity contribution is -0.126. The summed E-state index contributed by atoms with van der Waals surface area (Å²) in [4.78, 5) is 33.8. The molecule has 0 aromatic heterocycles. The number of carbonyl (C=O) groups is 2. The third-order valence-electron chi connectivity index (χ3n) is 5.42. The summed E-state index contributed by atoms with van der Waals surface area (Å²) in [6.45, 7) is 0. The number of imide groups is 1. The van der Waals surface area contributed by atoms with Crippen LogP contribution in [0.25, 0.3) is 0 Å². The van der Waals surface area contributed by atoms with E-state index in [1.54, 1.807) is 47.5 Å². The second-order valence-corrected chi connectivity index (χ2v) is 7.68. The minimum absolute atomic E-state index is 0.0790. The number of carbonyl (C=O) groups excluding carboxylic acids is 2. The topological polar surface area (TPSA) is 70.1 Å². The Bertz CT molecular complexity index is 1120. The molecule has 5 rings (SSSR count). The van der Waals surface area contributed by atoms with E-state index < -0.39 is 24.0 Å². The molecule has 2 saturated heterocycles. The third kappa shape index (κ3) is 2.93. The van der Waals surface area contributed by atoms with Gasteiger partial charge in [-0.2, -0.15) is 0 Å². The van der Waals surface area contributed by atoms with Crippen LogP contribution in [0.2, 0.25) is 5.02 Å². The van der Waals surface area contributed by atoms with Crippen molar-refractivity contribution >= 4 is 34.8 Å². The Kier molecular flexibility index (Phi) is 4.46. The van der Waals surface area contributed by atoms with Crippen LogP contribution in [-0.4, -0.2) is 23.0 Å². The highest BCUT2D eigenvalue weighted by Crippen LogP contribution is 2.47. The average molecular weight is 421 g/mol. The number of hydroxylamine groups is 1. The van der Waals surface area contributed by atoms with Crippen molar-refractivity contribution in [2.24, 2.45) is 5.92 Å². The number of para-hydroxylation sites is 1. The van der Waals surface area contributed by atoms with Crippen LogP contribution in [0, 0.1) is 5.92 Å². The molecule has 0 saturated carbocycles. The number of halogens is 1. The van der Waals surface area contributed by atoms with Gasteiger partial charge in [-0.3, -0.25) is 14.4 Å². The van der Waals surface area contributed by atoms with Crippen LogP contribution in [0.3, 0.4) is 0 Å². The molecular formula is C23H17ClN2O4. The maximum Gasteiger partial charge on any atom is 0.266 e. The van der Waals surface area contributed by atoms with Gasteiger partial charge in [0.1, 0.15) is 11.7 Å². The van der Waals surface area contributed by atoms with Gasteiger partial charge in [0.15, 0.2) is 6.10 Å². The van der Waals surface area contributed by atoms with Crippen LogP contribution in [0.4, 0.5) is 11.4 Å². The Morgan fingerprint density at radius 2 is 1.57 bits per heavy atom. The van der Waals surface area contributed by atoms with Gasteiger partial charge < -0.3 is 5.11 Å². The standard InChI is InChI=1S/C23H17ClN2O4/c24-15-9-11-16(12-10-15)25-22(28)19-20(14-5-4-8-18(27)13-14)26(30-21(19)23(25)29)17-6-2-1-3-7-17/h1-13,19-21,27H/t19-,20+,21+/m1/s1. The van der Waals surface area contributed by atoms with E-state index >= 15 is 0 Å².